The number of ether oxygens (including phenoxy) is 1. The van der Waals surface area contributed by atoms with Crippen LogP contribution >= 0.6 is 15.9 Å². The van der Waals surface area contributed by atoms with Crippen LogP contribution in [0.2, 0.25) is 0 Å². The summed E-state index contributed by atoms with van der Waals surface area (Å²) < 4.78 is 32.4. The first-order valence-corrected chi connectivity index (χ1v) is 15.2. The van der Waals surface area contributed by atoms with Crippen molar-refractivity contribution >= 4 is 43.5 Å². The third kappa shape index (κ3) is 7.95. The number of para-hydroxylation sites is 1. The first-order chi connectivity index (χ1) is 17.6. The number of hydrogen-bond acceptors (Lipinski definition) is 5. The third-order valence-corrected chi connectivity index (χ3v) is 8.45. The van der Waals surface area contributed by atoms with Crippen molar-refractivity contribution in [3.8, 4) is 5.75 Å². The molecule has 1 aliphatic rings. The number of benzene rings is 2. The molecule has 1 aliphatic carbocycles. The van der Waals surface area contributed by atoms with Gasteiger partial charge >= 0.3 is 0 Å². The maximum absolute atomic E-state index is 13.8. The van der Waals surface area contributed by atoms with Gasteiger partial charge in [0.25, 0.3) is 0 Å². The smallest absolute Gasteiger partial charge is 0.244 e. The first kappa shape index (κ1) is 29.0. The van der Waals surface area contributed by atoms with E-state index in [1.165, 1.54) is 11.3 Å². The normalized spacial score (nSPS) is 15.0. The Morgan fingerprint density at radius 1 is 1.08 bits per heavy atom. The number of sulfonamides is 1. The Morgan fingerprint density at radius 3 is 2.30 bits per heavy atom. The first-order valence-electron chi connectivity index (χ1n) is 12.6. The van der Waals surface area contributed by atoms with Crippen molar-refractivity contribution in [3.63, 3.8) is 0 Å². The van der Waals surface area contributed by atoms with Crippen LogP contribution in [-0.2, 0) is 26.2 Å². The summed E-state index contributed by atoms with van der Waals surface area (Å²) in [5.74, 6) is 0.0200. The van der Waals surface area contributed by atoms with E-state index in [1.54, 1.807) is 43.5 Å². The standard InChI is InChI=1S/C27H36BrN3O5S/c1-4-24(27(33)29-21-10-6-5-7-11-21)30(18-20-14-16-22(36-2)17-15-20)26(32)19-31(37(3,34)35)25-13-9-8-12-23(25)28/h8-9,12-17,21,24H,4-7,10-11,18-19H2,1-3H3,(H,29,33)/t24-/m1/s1. The van der Waals surface area contributed by atoms with E-state index in [9.17, 15) is 18.0 Å². The van der Waals surface area contributed by atoms with Gasteiger partial charge in [0.2, 0.25) is 21.8 Å². The average molecular weight is 595 g/mol. The van der Waals surface area contributed by atoms with Crippen LogP contribution in [0.1, 0.15) is 51.0 Å². The molecule has 0 unspecified atom stereocenters. The summed E-state index contributed by atoms with van der Waals surface area (Å²) in [6.45, 7) is 1.60. The summed E-state index contributed by atoms with van der Waals surface area (Å²) in [6, 6.07) is 13.5. The zero-order valence-corrected chi connectivity index (χ0v) is 24.1. The molecule has 0 bridgehead atoms. The minimum absolute atomic E-state index is 0.0982. The van der Waals surface area contributed by atoms with Crippen molar-refractivity contribution in [2.24, 2.45) is 0 Å². The summed E-state index contributed by atoms with van der Waals surface area (Å²) in [7, 11) is -2.21. The quantitative estimate of drug-likeness (QED) is 0.414. The summed E-state index contributed by atoms with van der Waals surface area (Å²) in [4.78, 5) is 28.7. The molecule has 37 heavy (non-hydrogen) atoms. The molecular weight excluding hydrogens is 558 g/mol. The monoisotopic (exact) mass is 593 g/mol. The SMILES string of the molecule is CC[C@H](C(=O)NC1CCCCC1)N(Cc1ccc(OC)cc1)C(=O)CN(c1ccccc1Br)S(C)(=O)=O. The topological polar surface area (TPSA) is 96.0 Å². The van der Waals surface area contributed by atoms with Crippen molar-refractivity contribution in [3.05, 3.63) is 58.6 Å². The predicted molar refractivity (Wildman–Crippen MR) is 149 cm³/mol. The van der Waals surface area contributed by atoms with Gasteiger partial charge in [0.15, 0.2) is 0 Å². The summed E-state index contributed by atoms with van der Waals surface area (Å²) in [5, 5.41) is 3.14. The van der Waals surface area contributed by atoms with Crippen molar-refractivity contribution in [1.82, 2.24) is 10.2 Å². The molecule has 2 aromatic carbocycles. The Balaban J connectivity index is 1.92. The summed E-state index contributed by atoms with van der Waals surface area (Å²) in [5.41, 5.74) is 1.17. The van der Waals surface area contributed by atoms with Gasteiger partial charge in [-0.3, -0.25) is 13.9 Å². The maximum Gasteiger partial charge on any atom is 0.244 e. The molecule has 1 N–H and O–H groups in total. The molecule has 0 aromatic heterocycles. The largest absolute Gasteiger partial charge is 0.497 e. The van der Waals surface area contributed by atoms with Crippen LogP contribution in [0.4, 0.5) is 5.69 Å². The molecule has 2 amide bonds. The average Bonchev–Trinajstić information content (AvgIpc) is 2.88. The number of nitrogens with zero attached hydrogens (tertiary/aromatic N) is 2. The number of carbonyl (C=O) groups excluding carboxylic acids is 2. The van der Waals surface area contributed by atoms with Crippen LogP contribution in [0.15, 0.2) is 53.0 Å². The fraction of sp³-hybridized carbons (Fsp3) is 0.481. The number of amides is 2. The highest BCUT2D eigenvalue weighted by Gasteiger charge is 2.33. The molecule has 0 radical (unpaired) electrons. The van der Waals surface area contributed by atoms with Crippen LogP contribution in [0.3, 0.4) is 0 Å². The molecule has 1 atom stereocenters. The van der Waals surface area contributed by atoms with E-state index in [0.29, 0.717) is 22.3 Å². The second-order valence-electron chi connectivity index (χ2n) is 9.36. The van der Waals surface area contributed by atoms with Gasteiger partial charge in [-0.25, -0.2) is 8.42 Å². The summed E-state index contributed by atoms with van der Waals surface area (Å²) >= 11 is 3.40. The van der Waals surface area contributed by atoms with Crippen LogP contribution in [0.25, 0.3) is 0 Å². The highest BCUT2D eigenvalue weighted by molar-refractivity contribution is 9.10. The van der Waals surface area contributed by atoms with Gasteiger partial charge in [0.1, 0.15) is 18.3 Å². The molecule has 1 fully saturated rings. The lowest BCUT2D eigenvalue weighted by Gasteiger charge is -2.34. The van der Waals surface area contributed by atoms with E-state index in [0.717, 1.165) is 41.8 Å². The van der Waals surface area contributed by atoms with E-state index in [4.69, 9.17) is 4.74 Å². The highest BCUT2D eigenvalue weighted by Crippen LogP contribution is 2.28. The number of methoxy groups -OCH3 is 1. The lowest BCUT2D eigenvalue weighted by molar-refractivity contribution is -0.140. The van der Waals surface area contributed by atoms with Gasteiger partial charge in [-0.05, 0) is 65.0 Å². The number of carbonyl (C=O) groups is 2. The number of hydrogen-bond donors (Lipinski definition) is 1. The fourth-order valence-corrected chi connectivity index (χ4v) is 6.12. The van der Waals surface area contributed by atoms with E-state index in [2.05, 4.69) is 21.2 Å². The molecule has 202 valence electrons. The van der Waals surface area contributed by atoms with Crippen LogP contribution in [0.5, 0.6) is 5.75 Å². The van der Waals surface area contributed by atoms with Crippen LogP contribution in [-0.4, -0.2) is 57.1 Å². The van der Waals surface area contributed by atoms with Crippen molar-refractivity contribution in [1.29, 1.82) is 0 Å². The van der Waals surface area contributed by atoms with Crippen molar-refractivity contribution in [2.75, 3.05) is 24.2 Å². The fourth-order valence-electron chi connectivity index (χ4n) is 4.64. The molecule has 1 saturated carbocycles. The number of anilines is 1. The third-order valence-electron chi connectivity index (χ3n) is 6.65. The Labute approximate surface area is 228 Å². The minimum atomic E-state index is -3.79. The summed E-state index contributed by atoms with van der Waals surface area (Å²) in [6.07, 6.45) is 6.64. The van der Waals surface area contributed by atoms with E-state index >= 15 is 0 Å². The minimum Gasteiger partial charge on any atom is -0.497 e. The van der Waals surface area contributed by atoms with E-state index < -0.39 is 28.5 Å². The van der Waals surface area contributed by atoms with E-state index in [1.807, 2.05) is 19.1 Å². The Kier molecular flexibility index (Phi) is 10.4. The second kappa shape index (κ2) is 13.3. The maximum atomic E-state index is 13.8. The van der Waals surface area contributed by atoms with Crippen molar-refractivity contribution < 1.29 is 22.7 Å². The van der Waals surface area contributed by atoms with Gasteiger partial charge in [-0.1, -0.05) is 50.5 Å². The Bertz CT molecular complexity index is 1170. The molecule has 0 saturated heterocycles. The van der Waals surface area contributed by atoms with Gasteiger partial charge in [0, 0.05) is 17.1 Å². The lowest BCUT2D eigenvalue weighted by atomic mass is 9.95. The Morgan fingerprint density at radius 2 is 1.73 bits per heavy atom. The molecule has 0 spiro atoms. The predicted octanol–water partition coefficient (Wildman–Crippen LogP) is 4.48. The lowest BCUT2D eigenvalue weighted by Crippen LogP contribution is -2.54. The van der Waals surface area contributed by atoms with E-state index in [-0.39, 0.29) is 18.5 Å². The molecule has 8 nitrogen and oxygen atoms in total. The van der Waals surface area contributed by atoms with Gasteiger partial charge in [-0.2, -0.15) is 0 Å². The molecule has 3 rings (SSSR count). The van der Waals surface area contributed by atoms with Crippen LogP contribution < -0.4 is 14.4 Å². The van der Waals surface area contributed by atoms with Crippen molar-refractivity contribution in [2.45, 2.75) is 64.1 Å². The number of halogens is 1. The number of nitrogens with one attached hydrogen (secondary N) is 1. The number of rotatable bonds is 11. The zero-order valence-electron chi connectivity index (χ0n) is 21.7. The Hall–Kier alpha value is -2.59. The molecule has 0 heterocycles. The molecular formula is C27H36BrN3O5S. The highest BCUT2D eigenvalue weighted by atomic mass is 79.9. The van der Waals surface area contributed by atoms with Gasteiger partial charge in [0.05, 0.1) is 19.1 Å². The second-order valence-corrected chi connectivity index (χ2v) is 12.1. The zero-order chi connectivity index (χ0) is 27.0. The van der Waals surface area contributed by atoms with Gasteiger partial charge in [-0.15, -0.1) is 0 Å². The van der Waals surface area contributed by atoms with Crippen LogP contribution in [0, 0.1) is 0 Å². The molecule has 0 aliphatic heterocycles. The van der Waals surface area contributed by atoms with Gasteiger partial charge < -0.3 is 15.0 Å². The molecule has 10 heteroatoms. The molecule has 2 aromatic rings.